The number of amides is 1. The predicted octanol–water partition coefficient (Wildman–Crippen LogP) is 6.26. The van der Waals surface area contributed by atoms with Gasteiger partial charge in [0.25, 0.3) is 5.91 Å². The zero-order chi connectivity index (χ0) is 25.8. The third-order valence-electron chi connectivity index (χ3n) is 6.87. The number of nitrogens with one attached hydrogen (secondary N) is 1. The summed E-state index contributed by atoms with van der Waals surface area (Å²) in [6.07, 6.45) is 6.68. The van der Waals surface area contributed by atoms with E-state index in [9.17, 15) is 4.79 Å². The Balaban J connectivity index is 1.32. The standard InChI is InChI=1S/C26H30Cl2N4O3S2/c27-19-16-17(6-7-20(19)35-15-14-33)24(34)30-26-29-23(21-8-9-22(28)36-21)25(37-26)32-12-10-31(11-13-32)18-4-2-1-3-5-18/h6-9,16,18,33H,1-5,10-15H2,(H,29,30,34). The molecule has 0 unspecified atom stereocenters. The highest BCUT2D eigenvalue weighted by Gasteiger charge is 2.28. The summed E-state index contributed by atoms with van der Waals surface area (Å²) in [5.74, 6) is 0.127. The summed E-state index contributed by atoms with van der Waals surface area (Å²) >= 11 is 15.5. The Morgan fingerprint density at radius 3 is 2.54 bits per heavy atom. The van der Waals surface area contributed by atoms with Gasteiger partial charge in [-0.15, -0.1) is 11.3 Å². The van der Waals surface area contributed by atoms with Gasteiger partial charge in [-0.2, -0.15) is 0 Å². The molecule has 7 nitrogen and oxygen atoms in total. The van der Waals surface area contributed by atoms with Gasteiger partial charge in [0, 0.05) is 37.8 Å². The zero-order valence-electron chi connectivity index (χ0n) is 20.4. The van der Waals surface area contributed by atoms with Gasteiger partial charge >= 0.3 is 0 Å². The number of carbonyl (C=O) groups is 1. The molecule has 1 saturated heterocycles. The first-order chi connectivity index (χ1) is 18.0. The number of hydrogen-bond acceptors (Lipinski definition) is 8. The summed E-state index contributed by atoms with van der Waals surface area (Å²) < 4.78 is 6.09. The van der Waals surface area contributed by atoms with Crippen LogP contribution in [0.3, 0.4) is 0 Å². The summed E-state index contributed by atoms with van der Waals surface area (Å²) in [7, 11) is 0. The van der Waals surface area contributed by atoms with E-state index < -0.39 is 0 Å². The second-order valence-electron chi connectivity index (χ2n) is 9.26. The van der Waals surface area contributed by atoms with Crippen LogP contribution >= 0.6 is 45.9 Å². The fourth-order valence-electron chi connectivity index (χ4n) is 5.00. The molecular formula is C26H30Cl2N4O3S2. The smallest absolute Gasteiger partial charge is 0.257 e. The number of aromatic nitrogens is 1. The van der Waals surface area contributed by atoms with E-state index in [0.717, 1.165) is 47.8 Å². The van der Waals surface area contributed by atoms with Gasteiger partial charge in [-0.1, -0.05) is 53.8 Å². The van der Waals surface area contributed by atoms with Gasteiger partial charge in [-0.3, -0.25) is 15.0 Å². The molecule has 37 heavy (non-hydrogen) atoms. The van der Waals surface area contributed by atoms with Crippen LogP contribution in [0.25, 0.3) is 10.6 Å². The molecule has 3 aromatic rings. The topological polar surface area (TPSA) is 77.9 Å². The number of rotatable bonds is 8. The van der Waals surface area contributed by atoms with Crippen molar-refractivity contribution in [2.45, 2.75) is 38.1 Å². The molecule has 1 aliphatic carbocycles. The number of hydrogen-bond donors (Lipinski definition) is 2. The number of anilines is 2. The largest absolute Gasteiger partial charge is 0.490 e. The molecule has 2 fully saturated rings. The minimum atomic E-state index is -0.297. The number of piperazine rings is 1. The molecule has 2 N–H and O–H groups in total. The van der Waals surface area contributed by atoms with Crippen molar-refractivity contribution in [3.8, 4) is 16.3 Å². The molecular weight excluding hydrogens is 551 g/mol. The Morgan fingerprint density at radius 2 is 1.86 bits per heavy atom. The maximum absolute atomic E-state index is 13.0. The van der Waals surface area contributed by atoms with Gasteiger partial charge < -0.3 is 14.7 Å². The fraction of sp³-hybridized carbons (Fsp3) is 0.462. The number of aliphatic hydroxyl groups is 1. The molecule has 0 radical (unpaired) electrons. The van der Waals surface area contributed by atoms with Crippen LogP contribution < -0.4 is 15.0 Å². The number of nitrogens with zero attached hydrogens (tertiary/aromatic N) is 3. The van der Waals surface area contributed by atoms with Crippen molar-refractivity contribution >= 4 is 61.9 Å². The average molecular weight is 582 g/mol. The van der Waals surface area contributed by atoms with Crippen molar-refractivity contribution in [3.05, 3.63) is 45.3 Å². The summed E-state index contributed by atoms with van der Waals surface area (Å²) in [5.41, 5.74) is 1.26. The molecule has 2 aromatic heterocycles. The predicted molar refractivity (Wildman–Crippen MR) is 153 cm³/mol. The molecule has 3 heterocycles. The van der Waals surface area contributed by atoms with E-state index in [1.165, 1.54) is 54.8 Å². The van der Waals surface area contributed by atoms with E-state index >= 15 is 0 Å². The molecule has 11 heteroatoms. The van der Waals surface area contributed by atoms with Crippen LogP contribution in [0.1, 0.15) is 42.5 Å². The summed E-state index contributed by atoms with van der Waals surface area (Å²) in [6.45, 7) is 3.97. The van der Waals surface area contributed by atoms with Crippen LogP contribution in [-0.2, 0) is 0 Å². The van der Waals surface area contributed by atoms with Gasteiger partial charge in [0.2, 0.25) is 0 Å². The molecule has 0 spiro atoms. The molecule has 1 saturated carbocycles. The van der Waals surface area contributed by atoms with Crippen LogP contribution in [0.4, 0.5) is 10.1 Å². The lowest BCUT2D eigenvalue weighted by Gasteiger charge is -2.41. The monoisotopic (exact) mass is 580 g/mol. The van der Waals surface area contributed by atoms with Crippen LogP contribution in [-0.4, -0.2) is 66.3 Å². The first-order valence-corrected chi connectivity index (χ1v) is 15.0. The Kier molecular flexibility index (Phi) is 8.89. The molecule has 198 valence electrons. The zero-order valence-corrected chi connectivity index (χ0v) is 23.6. The normalized spacial score (nSPS) is 17.2. The SMILES string of the molecule is O=C(Nc1nc(-c2ccc(Cl)s2)c(N2CCN(C3CCCCC3)CC2)s1)c1ccc(OCCO)c(Cl)c1. The molecule has 0 bridgehead atoms. The van der Waals surface area contributed by atoms with Crippen LogP contribution in [0.2, 0.25) is 9.36 Å². The lowest BCUT2D eigenvalue weighted by atomic mass is 9.94. The Bertz CT molecular complexity index is 1220. The minimum absolute atomic E-state index is 0.113. The van der Waals surface area contributed by atoms with Gasteiger partial charge in [0.05, 0.1) is 20.8 Å². The van der Waals surface area contributed by atoms with E-state index in [-0.39, 0.29) is 19.1 Å². The van der Waals surface area contributed by atoms with E-state index in [0.29, 0.717) is 25.8 Å². The van der Waals surface area contributed by atoms with Crippen molar-refractivity contribution in [1.29, 1.82) is 0 Å². The van der Waals surface area contributed by atoms with Gasteiger partial charge in [-0.25, -0.2) is 4.98 Å². The molecule has 1 aromatic carbocycles. The van der Waals surface area contributed by atoms with Crippen molar-refractivity contribution in [2.75, 3.05) is 49.6 Å². The Hall–Kier alpha value is -1.88. The average Bonchev–Trinajstić information content (AvgIpc) is 3.54. The summed E-state index contributed by atoms with van der Waals surface area (Å²) in [5, 5.41) is 13.8. The highest BCUT2D eigenvalue weighted by molar-refractivity contribution is 7.22. The minimum Gasteiger partial charge on any atom is -0.490 e. The molecule has 5 rings (SSSR count). The van der Waals surface area contributed by atoms with Crippen molar-refractivity contribution in [1.82, 2.24) is 9.88 Å². The van der Waals surface area contributed by atoms with Crippen molar-refractivity contribution in [3.63, 3.8) is 0 Å². The fourth-order valence-corrected chi connectivity index (χ4v) is 7.36. The van der Waals surface area contributed by atoms with Crippen LogP contribution in [0, 0.1) is 0 Å². The third-order valence-corrected chi connectivity index (χ3v) is 9.44. The van der Waals surface area contributed by atoms with Crippen LogP contribution in [0.15, 0.2) is 30.3 Å². The number of ether oxygens (including phenoxy) is 1. The second-order valence-corrected chi connectivity index (χ2v) is 12.4. The van der Waals surface area contributed by atoms with Crippen LogP contribution in [0.5, 0.6) is 5.75 Å². The van der Waals surface area contributed by atoms with E-state index in [4.69, 9.17) is 38.0 Å². The number of benzene rings is 1. The molecule has 2 aliphatic rings. The Morgan fingerprint density at radius 1 is 1.08 bits per heavy atom. The third kappa shape index (κ3) is 6.41. The molecule has 1 amide bonds. The number of aliphatic hydroxyl groups excluding tert-OH is 1. The Labute approximate surface area is 235 Å². The van der Waals surface area contributed by atoms with Gasteiger partial charge in [0.1, 0.15) is 23.1 Å². The number of carbonyl (C=O) groups excluding carboxylic acids is 1. The van der Waals surface area contributed by atoms with E-state index in [1.807, 2.05) is 12.1 Å². The van der Waals surface area contributed by atoms with Crippen molar-refractivity contribution in [2.24, 2.45) is 0 Å². The second kappa shape index (κ2) is 12.3. The first-order valence-electron chi connectivity index (χ1n) is 12.6. The molecule has 1 aliphatic heterocycles. The van der Waals surface area contributed by atoms with E-state index in [1.54, 1.807) is 18.2 Å². The number of thiazole rings is 1. The molecule has 0 atom stereocenters. The quantitative estimate of drug-likeness (QED) is 0.327. The maximum atomic E-state index is 13.0. The highest BCUT2D eigenvalue weighted by Crippen LogP contribution is 2.43. The highest BCUT2D eigenvalue weighted by atomic mass is 35.5. The summed E-state index contributed by atoms with van der Waals surface area (Å²) in [4.78, 5) is 23.9. The first kappa shape index (κ1) is 26.7. The lowest BCUT2D eigenvalue weighted by molar-refractivity contribution is 0.102. The van der Waals surface area contributed by atoms with Gasteiger partial charge in [0.15, 0.2) is 5.13 Å². The van der Waals surface area contributed by atoms with Crippen molar-refractivity contribution < 1.29 is 14.6 Å². The number of halogens is 2. The van der Waals surface area contributed by atoms with E-state index in [2.05, 4.69) is 15.1 Å². The number of thiophene rings is 1. The van der Waals surface area contributed by atoms with Gasteiger partial charge in [-0.05, 0) is 43.2 Å². The summed E-state index contributed by atoms with van der Waals surface area (Å²) in [6, 6.07) is 9.42. The maximum Gasteiger partial charge on any atom is 0.257 e. The lowest BCUT2D eigenvalue weighted by Crippen LogP contribution is -2.50.